The van der Waals surface area contributed by atoms with E-state index in [0.717, 1.165) is 27.9 Å². The molecule has 1 aromatic carbocycles. The molecular weight excluding hydrogens is 250 g/mol. The van der Waals surface area contributed by atoms with Crippen LogP contribution in [0.15, 0.2) is 36.4 Å². The predicted octanol–water partition coefficient (Wildman–Crippen LogP) is 3.10. The molecule has 0 atom stereocenters. The Morgan fingerprint density at radius 1 is 1.39 bits per heavy atom. The van der Waals surface area contributed by atoms with Gasteiger partial charge in [-0.15, -0.1) is 0 Å². The quantitative estimate of drug-likeness (QED) is 0.472. The van der Waals surface area contributed by atoms with Crippen LogP contribution in [-0.4, -0.2) is 17.5 Å². The minimum absolute atomic E-state index is 0.432. The molecule has 0 saturated carbocycles. The molecule has 0 aliphatic rings. The summed E-state index contributed by atoms with van der Waals surface area (Å²) < 4.78 is 7.54. The van der Waals surface area contributed by atoms with Crippen LogP contribution in [0.5, 0.6) is 0 Å². The number of aryl methyl sites for hydroxylation is 1. The van der Waals surface area contributed by atoms with Crippen LogP contribution in [0.2, 0.25) is 5.02 Å². The van der Waals surface area contributed by atoms with Crippen LogP contribution in [0.4, 0.5) is 0 Å². The normalized spacial score (nSPS) is 11.4. The maximum Gasteiger partial charge on any atom is 0.142 e. The molecule has 0 fully saturated rings. The zero-order chi connectivity index (χ0) is 13.0. The first kappa shape index (κ1) is 12.9. The van der Waals surface area contributed by atoms with Gasteiger partial charge in [0, 0.05) is 28.7 Å². The highest BCUT2D eigenvalue weighted by Crippen LogP contribution is 2.22. The Labute approximate surface area is 111 Å². The Morgan fingerprint density at radius 2 is 2.22 bits per heavy atom. The first-order valence-electron chi connectivity index (χ1n) is 5.64. The number of ether oxygens (including phenoxy) is 1. The largest absolute Gasteiger partial charge is 0.371 e. The number of hydrogen-bond donors (Lipinski definition) is 0. The number of aldehydes is 1. The summed E-state index contributed by atoms with van der Waals surface area (Å²) in [7, 11) is 2.00. The fraction of sp³-hybridized carbons (Fsp3) is 0.214. The number of carbonyl (C=O) groups is 1. The van der Waals surface area contributed by atoms with Crippen LogP contribution in [-0.2, 0) is 23.2 Å². The molecule has 0 aliphatic heterocycles. The molecule has 94 valence electrons. The molecule has 18 heavy (non-hydrogen) atoms. The van der Waals surface area contributed by atoms with Gasteiger partial charge in [0.15, 0.2) is 0 Å². The first-order valence-corrected chi connectivity index (χ1v) is 6.02. The summed E-state index contributed by atoms with van der Waals surface area (Å²) >= 11 is 5.96. The van der Waals surface area contributed by atoms with Crippen molar-refractivity contribution in [3.8, 4) is 0 Å². The highest BCUT2D eigenvalue weighted by Gasteiger charge is 2.05. The molecule has 0 saturated heterocycles. The van der Waals surface area contributed by atoms with Crippen LogP contribution in [0.25, 0.3) is 10.9 Å². The molecule has 2 rings (SSSR count). The van der Waals surface area contributed by atoms with Gasteiger partial charge < -0.3 is 9.30 Å². The highest BCUT2D eigenvalue weighted by atomic mass is 35.5. The second-order valence-corrected chi connectivity index (χ2v) is 4.41. The van der Waals surface area contributed by atoms with Gasteiger partial charge >= 0.3 is 0 Å². The zero-order valence-electron chi connectivity index (χ0n) is 10.1. The lowest BCUT2D eigenvalue weighted by molar-refractivity contribution is -0.104. The maximum absolute atomic E-state index is 10.1. The Balaban J connectivity index is 2.11. The number of benzene rings is 1. The van der Waals surface area contributed by atoms with Crippen LogP contribution >= 0.6 is 11.6 Å². The number of aromatic nitrogens is 1. The van der Waals surface area contributed by atoms with Gasteiger partial charge in [0.2, 0.25) is 0 Å². The topological polar surface area (TPSA) is 31.2 Å². The third-order valence-corrected chi connectivity index (χ3v) is 3.02. The van der Waals surface area contributed by atoms with Gasteiger partial charge in [-0.05, 0) is 30.3 Å². The Bertz CT molecular complexity index is 587. The van der Waals surface area contributed by atoms with Crippen molar-refractivity contribution >= 4 is 28.8 Å². The van der Waals surface area contributed by atoms with Crippen molar-refractivity contribution in [2.24, 2.45) is 7.05 Å². The lowest BCUT2D eigenvalue weighted by atomic mass is 10.2. The summed E-state index contributed by atoms with van der Waals surface area (Å²) in [5, 5.41) is 1.83. The van der Waals surface area contributed by atoms with E-state index in [1.807, 2.05) is 25.2 Å². The number of allylic oxidation sites excluding steroid dienone is 1. The summed E-state index contributed by atoms with van der Waals surface area (Å²) in [6.45, 7) is 0.938. The van der Waals surface area contributed by atoms with Crippen LogP contribution in [0, 0.1) is 0 Å². The van der Waals surface area contributed by atoms with Gasteiger partial charge in [0.25, 0.3) is 0 Å². The highest BCUT2D eigenvalue weighted by molar-refractivity contribution is 6.31. The SMILES string of the molecule is Cn1c(COC/C=C/C=O)cc2cc(Cl)ccc21. The molecule has 0 N–H and O–H groups in total. The monoisotopic (exact) mass is 263 g/mol. The van der Waals surface area contributed by atoms with Crippen molar-refractivity contribution in [1.29, 1.82) is 0 Å². The molecule has 1 heterocycles. The number of halogens is 1. The van der Waals surface area contributed by atoms with Crippen molar-refractivity contribution < 1.29 is 9.53 Å². The average molecular weight is 264 g/mol. The Morgan fingerprint density at radius 3 is 3.00 bits per heavy atom. The van der Waals surface area contributed by atoms with Gasteiger partial charge in [0.1, 0.15) is 6.29 Å². The molecule has 0 amide bonds. The van der Waals surface area contributed by atoms with Crippen LogP contribution in [0.1, 0.15) is 5.69 Å². The van der Waals surface area contributed by atoms with E-state index in [1.165, 1.54) is 6.08 Å². The number of rotatable bonds is 5. The van der Waals surface area contributed by atoms with Crippen molar-refractivity contribution in [2.75, 3.05) is 6.61 Å². The number of nitrogens with zero attached hydrogens (tertiary/aromatic N) is 1. The molecule has 0 spiro atoms. The zero-order valence-corrected chi connectivity index (χ0v) is 10.9. The Hall–Kier alpha value is -1.58. The van der Waals surface area contributed by atoms with Crippen molar-refractivity contribution in [2.45, 2.75) is 6.61 Å². The minimum atomic E-state index is 0.432. The summed E-state index contributed by atoms with van der Waals surface area (Å²) in [6, 6.07) is 7.87. The van der Waals surface area contributed by atoms with Crippen LogP contribution < -0.4 is 0 Å². The standard InChI is InChI=1S/C14H14ClNO2/c1-16-13(10-18-7-3-2-6-17)9-11-8-12(15)4-5-14(11)16/h2-6,8-9H,7,10H2,1H3/b3-2+. The Kier molecular flexibility index (Phi) is 4.18. The van der Waals surface area contributed by atoms with Crippen molar-refractivity contribution in [1.82, 2.24) is 4.57 Å². The smallest absolute Gasteiger partial charge is 0.142 e. The predicted molar refractivity (Wildman–Crippen MR) is 72.8 cm³/mol. The third-order valence-electron chi connectivity index (χ3n) is 2.78. The fourth-order valence-electron chi connectivity index (χ4n) is 1.86. The van der Waals surface area contributed by atoms with Gasteiger partial charge in [-0.3, -0.25) is 4.79 Å². The first-order chi connectivity index (χ1) is 8.72. The summed E-state index contributed by atoms with van der Waals surface area (Å²) in [5.41, 5.74) is 2.20. The molecule has 0 unspecified atom stereocenters. The lowest BCUT2D eigenvalue weighted by Crippen LogP contribution is -1.99. The molecule has 2 aromatic rings. The number of hydrogen-bond acceptors (Lipinski definition) is 2. The van der Waals surface area contributed by atoms with Gasteiger partial charge in [-0.1, -0.05) is 17.7 Å². The molecular formula is C14H14ClNO2. The molecule has 1 aromatic heterocycles. The summed E-state index contributed by atoms with van der Waals surface area (Å²) in [6.07, 6.45) is 3.86. The van der Waals surface area contributed by atoms with Crippen LogP contribution in [0.3, 0.4) is 0 Å². The van der Waals surface area contributed by atoms with Crippen molar-refractivity contribution in [3.05, 3.63) is 47.1 Å². The summed E-state index contributed by atoms with van der Waals surface area (Å²) in [4.78, 5) is 10.1. The van der Waals surface area contributed by atoms with E-state index in [2.05, 4.69) is 10.6 Å². The second-order valence-electron chi connectivity index (χ2n) is 3.98. The molecule has 0 radical (unpaired) electrons. The lowest BCUT2D eigenvalue weighted by Gasteiger charge is -2.04. The maximum atomic E-state index is 10.1. The van der Waals surface area contributed by atoms with E-state index >= 15 is 0 Å². The fourth-order valence-corrected chi connectivity index (χ4v) is 2.04. The summed E-state index contributed by atoms with van der Waals surface area (Å²) in [5.74, 6) is 0. The van der Waals surface area contributed by atoms with E-state index in [-0.39, 0.29) is 0 Å². The molecule has 3 nitrogen and oxygen atoms in total. The van der Waals surface area contributed by atoms with E-state index in [9.17, 15) is 4.79 Å². The third kappa shape index (κ3) is 2.81. The number of carbonyl (C=O) groups excluding carboxylic acids is 1. The van der Waals surface area contributed by atoms with Gasteiger partial charge in [0.05, 0.1) is 13.2 Å². The van der Waals surface area contributed by atoms with E-state index < -0.39 is 0 Å². The molecule has 0 bridgehead atoms. The van der Waals surface area contributed by atoms with E-state index in [1.54, 1.807) is 6.08 Å². The van der Waals surface area contributed by atoms with E-state index in [4.69, 9.17) is 16.3 Å². The van der Waals surface area contributed by atoms with E-state index in [0.29, 0.717) is 13.2 Å². The molecule has 0 aliphatic carbocycles. The number of fused-ring (bicyclic) bond motifs is 1. The average Bonchev–Trinajstić information content (AvgIpc) is 2.65. The minimum Gasteiger partial charge on any atom is -0.371 e. The van der Waals surface area contributed by atoms with Crippen molar-refractivity contribution in [3.63, 3.8) is 0 Å². The van der Waals surface area contributed by atoms with Gasteiger partial charge in [-0.25, -0.2) is 0 Å². The second kappa shape index (κ2) is 5.85. The molecule has 4 heteroatoms. The van der Waals surface area contributed by atoms with Gasteiger partial charge in [-0.2, -0.15) is 0 Å².